The molecule has 0 bridgehead atoms. The van der Waals surface area contributed by atoms with E-state index in [1.807, 2.05) is 6.92 Å². The standard InChI is InChI=1S/C13H12BrF2N3/c1-2-3-11-18-9(6-10(17)19-11)12-8(15)5-4-7(14)13(12)16/h4-6H,2-3H2,1H3,(H2,17,18,19). The molecule has 0 amide bonds. The number of anilines is 1. The lowest BCUT2D eigenvalue weighted by Gasteiger charge is -2.08. The van der Waals surface area contributed by atoms with Crippen LogP contribution in [0.5, 0.6) is 0 Å². The van der Waals surface area contributed by atoms with Crippen molar-refractivity contribution in [2.24, 2.45) is 0 Å². The third-order valence-electron chi connectivity index (χ3n) is 2.57. The van der Waals surface area contributed by atoms with Gasteiger partial charge in [-0.1, -0.05) is 6.92 Å². The van der Waals surface area contributed by atoms with Gasteiger partial charge >= 0.3 is 0 Å². The number of halogens is 3. The first kappa shape index (κ1) is 13.9. The highest BCUT2D eigenvalue weighted by molar-refractivity contribution is 9.10. The average Bonchev–Trinajstić information content (AvgIpc) is 2.34. The van der Waals surface area contributed by atoms with Crippen LogP contribution in [0.1, 0.15) is 19.2 Å². The molecule has 2 rings (SSSR count). The monoisotopic (exact) mass is 327 g/mol. The third kappa shape index (κ3) is 2.89. The summed E-state index contributed by atoms with van der Waals surface area (Å²) in [5.74, 6) is -0.690. The second-order valence-electron chi connectivity index (χ2n) is 4.06. The first-order chi connectivity index (χ1) is 9.02. The molecular weight excluding hydrogens is 316 g/mol. The summed E-state index contributed by atoms with van der Waals surface area (Å²) in [7, 11) is 0. The molecule has 2 N–H and O–H groups in total. The van der Waals surface area contributed by atoms with Crippen LogP contribution in [0.15, 0.2) is 22.7 Å². The predicted molar refractivity (Wildman–Crippen MR) is 73.5 cm³/mol. The number of hydrogen-bond donors (Lipinski definition) is 1. The lowest BCUT2D eigenvalue weighted by atomic mass is 10.1. The first-order valence-corrected chi connectivity index (χ1v) is 6.59. The molecular formula is C13H12BrF2N3. The van der Waals surface area contributed by atoms with E-state index in [1.54, 1.807) is 0 Å². The van der Waals surface area contributed by atoms with Crippen molar-refractivity contribution in [1.29, 1.82) is 0 Å². The van der Waals surface area contributed by atoms with Crippen molar-refractivity contribution >= 4 is 21.7 Å². The van der Waals surface area contributed by atoms with E-state index in [0.717, 1.165) is 6.42 Å². The zero-order valence-electron chi connectivity index (χ0n) is 10.3. The molecule has 1 heterocycles. The van der Waals surface area contributed by atoms with Crippen LogP contribution in [0.4, 0.5) is 14.6 Å². The Kier molecular flexibility index (Phi) is 4.09. The van der Waals surface area contributed by atoms with Crippen LogP contribution < -0.4 is 5.73 Å². The molecule has 3 nitrogen and oxygen atoms in total. The SMILES string of the molecule is CCCc1nc(N)cc(-c2c(F)ccc(Br)c2F)n1. The summed E-state index contributed by atoms with van der Waals surface area (Å²) in [4.78, 5) is 8.21. The predicted octanol–water partition coefficient (Wildman–Crippen LogP) is 3.72. The Bertz CT molecular complexity index is 617. The summed E-state index contributed by atoms with van der Waals surface area (Å²) in [6.07, 6.45) is 1.43. The third-order valence-corrected chi connectivity index (χ3v) is 3.18. The molecule has 0 saturated heterocycles. The molecule has 1 aromatic heterocycles. The highest BCUT2D eigenvalue weighted by atomic mass is 79.9. The van der Waals surface area contributed by atoms with Gasteiger partial charge in [0.25, 0.3) is 0 Å². The molecule has 2 aromatic rings. The maximum Gasteiger partial charge on any atom is 0.149 e. The summed E-state index contributed by atoms with van der Waals surface area (Å²) in [6, 6.07) is 3.86. The van der Waals surface area contributed by atoms with Gasteiger partial charge in [-0.15, -0.1) is 0 Å². The number of hydrogen-bond acceptors (Lipinski definition) is 3. The molecule has 0 aliphatic rings. The quantitative estimate of drug-likeness (QED) is 0.874. The first-order valence-electron chi connectivity index (χ1n) is 5.80. The van der Waals surface area contributed by atoms with Crippen molar-refractivity contribution in [3.63, 3.8) is 0 Å². The van der Waals surface area contributed by atoms with Gasteiger partial charge < -0.3 is 5.73 Å². The number of nitrogens with two attached hydrogens (primary N) is 1. The maximum atomic E-state index is 14.0. The lowest BCUT2D eigenvalue weighted by molar-refractivity contribution is 0.584. The van der Waals surface area contributed by atoms with Crippen LogP contribution >= 0.6 is 15.9 Å². The van der Waals surface area contributed by atoms with Crippen LogP contribution in [0.3, 0.4) is 0 Å². The highest BCUT2D eigenvalue weighted by Gasteiger charge is 2.17. The van der Waals surface area contributed by atoms with E-state index in [-0.39, 0.29) is 21.5 Å². The minimum absolute atomic E-state index is 0.159. The molecule has 100 valence electrons. The summed E-state index contributed by atoms with van der Waals surface area (Å²) < 4.78 is 28.0. The maximum absolute atomic E-state index is 14.0. The molecule has 1 aromatic carbocycles. The van der Waals surface area contributed by atoms with Crippen LogP contribution in [0.25, 0.3) is 11.3 Å². The molecule has 19 heavy (non-hydrogen) atoms. The second-order valence-corrected chi connectivity index (χ2v) is 4.92. The molecule has 0 spiro atoms. The lowest BCUT2D eigenvalue weighted by Crippen LogP contribution is -2.03. The zero-order chi connectivity index (χ0) is 14.0. The minimum atomic E-state index is -0.694. The fourth-order valence-electron chi connectivity index (χ4n) is 1.74. The number of nitrogens with zero attached hydrogens (tertiary/aromatic N) is 2. The van der Waals surface area contributed by atoms with Crippen molar-refractivity contribution in [2.75, 3.05) is 5.73 Å². The number of aryl methyl sites for hydroxylation is 1. The molecule has 0 aliphatic heterocycles. The van der Waals surface area contributed by atoms with Gasteiger partial charge in [0.15, 0.2) is 0 Å². The van der Waals surface area contributed by atoms with E-state index in [9.17, 15) is 8.78 Å². The summed E-state index contributed by atoms with van der Waals surface area (Å²) in [5.41, 5.74) is 5.62. The van der Waals surface area contributed by atoms with E-state index in [1.165, 1.54) is 18.2 Å². The summed E-state index contributed by atoms with van der Waals surface area (Å²) >= 11 is 3.03. The molecule has 0 radical (unpaired) electrons. The van der Waals surface area contributed by atoms with Crippen LogP contribution in [-0.4, -0.2) is 9.97 Å². The number of rotatable bonds is 3. The Morgan fingerprint density at radius 2 is 2.00 bits per heavy atom. The summed E-state index contributed by atoms with van der Waals surface area (Å²) in [5, 5.41) is 0. The molecule has 0 atom stereocenters. The van der Waals surface area contributed by atoms with Crippen LogP contribution in [0.2, 0.25) is 0 Å². The normalized spacial score (nSPS) is 10.7. The van der Waals surface area contributed by atoms with E-state index >= 15 is 0 Å². The van der Waals surface area contributed by atoms with Crippen molar-refractivity contribution in [2.45, 2.75) is 19.8 Å². The topological polar surface area (TPSA) is 51.8 Å². The van der Waals surface area contributed by atoms with Gasteiger partial charge in [0, 0.05) is 12.5 Å². The Morgan fingerprint density at radius 1 is 1.26 bits per heavy atom. The number of benzene rings is 1. The molecule has 6 heteroatoms. The Morgan fingerprint density at radius 3 is 2.68 bits per heavy atom. The van der Waals surface area contributed by atoms with Crippen LogP contribution in [0, 0.1) is 11.6 Å². The molecule has 0 aliphatic carbocycles. The van der Waals surface area contributed by atoms with Gasteiger partial charge in [0.2, 0.25) is 0 Å². The molecule has 0 unspecified atom stereocenters. The van der Waals surface area contributed by atoms with Crippen molar-refractivity contribution in [3.8, 4) is 11.3 Å². The van der Waals surface area contributed by atoms with Crippen LogP contribution in [-0.2, 0) is 6.42 Å². The van der Waals surface area contributed by atoms with Gasteiger partial charge in [-0.2, -0.15) is 0 Å². The van der Waals surface area contributed by atoms with E-state index in [4.69, 9.17) is 5.73 Å². The highest BCUT2D eigenvalue weighted by Crippen LogP contribution is 2.30. The van der Waals surface area contributed by atoms with Gasteiger partial charge in [-0.3, -0.25) is 0 Å². The largest absolute Gasteiger partial charge is 0.384 e. The second kappa shape index (κ2) is 5.61. The fourth-order valence-corrected chi connectivity index (χ4v) is 2.07. The van der Waals surface area contributed by atoms with Gasteiger partial charge in [-0.05, 0) is 34.5 Å². The van der Waals surface area contributed by atoms with Crippen molar-refractivity contribution in [3.05, 3.63) is 40.1 Å². The minimum Gasteiger partial charge on any atom is -0.384 e. The van der Waals surface area contributed by atoms with Gasteiger partial charge in [-0.25, -0.2) is 18.7 Å². The smallest absolute Gasteiger partial charge is 0.149 e. The average molecular weight is 328 g/mol. The number of aromatic nitrogens is 2. The Balaban J connectivity index is 2.62. The number of nitrogen functional groups attached to an aromatic ring is 1. The Hall–Kier alpha value is -1.56. The molecule has 0 saturated carbocycles. The Labute approximate surface area is 118 Å². The molecule has 0 fully saturated rings. The van der Waals surface area contributed by atoms with Crippen molar-refractivity contribution in [1.82, 2.24) is 9.97 Å². The van der Waals surface area contributed by atoms with E-state index in [0.29, 0.717) is 12.2 Å². The van der Waals surface area contributed by atoms with Crippen molar-refractivity contribution < 1.29 is 8.78 Å². The van der Waals surface area contributed by atoms with E-state index in [2.05, 4.69) is 25.9 Å². The van der Waals surface area contributed by atoms with Gasteiger partial charge in [0.05, 0.1) is 15.7 Å². The summed E-state index contributed by atoms with van der Waals surface area (Å²) in [6.45, 7) is 1.96. The van der Waals surface area contributed by atoms with Gasteiger partial charge in [0.1, 0.15) is 23.3 Å². The fraction of sp³-hybridized carbons (Fsp3) is 0.231. The zero-order valence-corrected chi connectivity index (χ0v) is 11.8. The van der Waals surface area contributed by atoms with E-state index < -0.39 is 11.6 Å².